The molecule has 72 valence electrons. The van der Waals surface area contributed by atoms with E-state index in [0.717, 1.165) is 15.3 Å². The first-order chi connectivity index (χ1) is 6.83. The van der Waals surface area contributed by atoms with Crippen LogP contribution in [0.2, 0.25) is 0 Å². The quantitative estimate of drug-likeness (QED) is 0.472. The van der Waals surface area contributed by atoms with Crippen molar-refractivity contribution in [3.8, 4) is 0 Å². The summed E-state index contributed by atoms with van der Waals surface area (Å²) in [5.41, 5.74) is 1.82. The van der Waals surface area contributed by atoms with Crippen LogP contribution in [-0.2, 0) is 0 Å². The predicted octanol–water partition coefficient (Wildman–Crippen LogP) is 3.34. The highest BCUT2D eigenvalue weighted by Crippen LogP contribution is 2.23. The van der Waals surface area contributed by atoms with Gasteiger partial charge in [-0.15, -0.1) is 22.7 Å². The van der Waals surface area contributed by atoms with E-state index in [4.69, 9.17) is 5.21 Å². The second-order valence-corrected chi connectivity index (χ2v) is 4.72. The van der Waals surface area contributed by atoms with Gasteiger partial charge in [0.05, 0.1) is 9.75 Å². The Morgan fingerprint density at radius 3 is 2.64 bits per heavy atom. The summed E-state index contributed by atoms with van der Waals surface area (Å²) in [6.45, 7) is 2.02. The molecule has 0 aliphatic heterocycles. The van der Waals surface area contributed by atoms with Gasteiger partial charge in [-0.1, -0.05) is 11.2 Å². The van der Waals surface area contributed by atoms with Crippen molar-refractivity contribution in [1.29, 1.82) is 0 Å². The fraction of sp³-hybridized carbons (Fsp3) is 0.100. The van der Waals surface area contributed by atoms with Gasteiger partial charge in [0.2, 0.25) is 0 Å². The van der Waals surface area contributed by atoms with Crippen LogP contribution in [0.1, 0.15) is 15.3 Å². The lowest BCUT2D eigenvalue weighted by molar-refractivity contribution is 0.320. The Morgan fingerprint density at radius 1 is 1.29 bits per heavy atom. The molecule has 0 amide bonds. The number of rotatable bonds is 2. The maximum Gasteiger partial charge on any atom is 0.137 e. The Hall–Kier alpha value is -1.13. The van der Waals surface area contributed by atoms with Gasteiger partial charge < -0.3 is 5.21 Å². The lowest BCUT2D eigenvalue weighted by Crippen LogP contribution is -1.99. The van der Waals surface area contributed by atoms with Crippen molar-refractivity contribution in [3.63, 3.8) is 0 Å². The fourth-order valence-corrected chi connectivity index (χ4v) is 2.94. The monoisotopic (exact) mass is 223 g/mol. The topological polar surface area (TPSA) is 32.6 Å². The third-order valence-corrected chi connectivity index (χ3v) is 3.83. The van der Waals surface area contributed by atoms with Gasteiger partial charge in [-0.05, 0) is 35.4 Å². The normalized spacial score (nSPS) is 11.9. The maximum atomic E-state index is 9.00. The molecule has 14 heavy (non-hydrogen) atoms. The van der Waals surface area contributed by atoms with E-state index in [1.54, 1.807) is 22.7 Å². The first-order valence-electron chi connectivity index (χ1n) is 4.13. The van der Waals surface area contributed by atoms with Gasteiger partial charge in [-0.3, -0.25) is 0 Å². The molecule has 2 aromatic rings. The Kier molecular flexibility index (Phi) is 2.65. The summed E-state index contributed by atoms with van der Waals surface area (Å²) >= 11 is 3.17. The Bertz CT molecular complexity index is 442. The number of hydrogen-bond acceptors (Lipinski definition) is 4. The molecule has 4 heteroatoms. The van der Waals surface area contributed by atoms with Crippen molar-refractivity contribution in [2.45, 2.75) is 6.92 Å². The highest BCUT2D eigenvalue weighted by Gasteiger charge is 2.12. The molecule has 2 nitrogen and oxygen atoms in total. The van der Waals surface area contributed by atoms with Crippen LogP contribution in [0.5, 0.6) is 0 Å². The summed E-state index contributed by atoms with van der Waals surface area (Å²) in [5, 5.41) is 16.3. The second kappa shape index (κ2) is 3.94. The van der Waals surface area contributed by atoms with E-state index in [9.17, 15) is 0 Å². The molecule has 0 spiro atoms. The molecule has 0 aliphatic rings. The molecule has 0 saturated carbocycles. The summed E-state index contributed by atoms with van der Waals surface area (Å²) in [6.07, 6.45) is 0. The van der Waals surface area contributed by atoms with Gasteiger partial charge in [0.15, 0.2) is 0 Å². The molecule has 0 fully saturated rings. The largest absolute Gasteiger partial charge is 0.410 e. The van der Waals surface area contributed by atoms with Gasteiger partial charge in [0.1, 0.15) is 5.71 Å². The zero-order chi connectivity index (χ0) is 9.97. The molecular formula is C10H9NOS2. The van der Waals surface area contributed by atoms with E-state index < -0.39 is 0 Å². The third-order valence-electron chi connectivity index (χ3n) is 1.93. The first-order valence-corrected chi connectivity index (χ1v) is 5.89. The Labute approximate surface area is 90.1 Å². The van der Waals surface area contributed by atoms with Crippen LogP contribution in [-0.4, -0.2) is 10.9 Å². The molecule has 0 unspecified atom stereocenters. The standard InChI is InChI=1S/C10H9NOS2/c1-7-4-6-14-10(7)9(11-12)8-3-2-5-13-8/h2-6,12H,1H3/b11-9-. The lowest BCUT2D eigenvalue weighted by Gasteiger charge is -1.99. The number of oxime groups is 1. The number of nitrogens with zero attached hydrogens (tertiary/aromatic N) is 1. The van der Waals surface area contributed by atoms with E-state index >= 15 is 0 Å². The van der Waals surface area contributed by atoms with Crippen LogP contribution < -0.4 is 0 Å². The number of thiophene rings is 2. The van der Waals surface area contributed by atoms with Crippen LogP contribution in [0, 0.1) is 6.92 Å². The smallest absolute Gasteiger partial charge is 0.137 e. The maximum absolute atomic E-state index is 9.00. The van der Waals surface area contributed by atoms with Crippen molar-refractivity contribution in [1.82, 2.24) is 0 Å². The molecule has 2 heterocycles. The zero-order valence-corrected chi connectivity index (χ0v) is 9.23. The van der Waals surface area contributed by atoms with Gasteiger partial charge in [-0.2, -0.15) is 0 Å². The minimum absolute atomic E-state index is 0.674. The van der Waals surface area contributed by atoms with Crippen LogP contribution in [0.15, 0.2) is 34.1 Å². The first kappa shape index (κ1) is 9.43. The van der Waals surface area contributed by atoms with E-state index in [1.165, 1.54) is 0 Å². The van der Waals surface area contributed by atoms with Gasteiger partial charge in [-0.25, -0.2) is 0 Å². The van der Waals surface area contributed by atoms with Crippen LogP contribution in [0.3, 0.4) is 0 Å². The molecule has 0 aliphatic carbocycles. The highest BCUT2D eigenvalue weighted by atomic mass is 32.1. The highest BCUT2D eigenvalue weighted by molar-refractivity contribution is 7.16. The average molecular weight is 223 g/mol. The summed E-state index contributed by atoms with van der Waals surface area (Å²) < 4.78 is 0. The number of hydrogen-bond donors (Lipinski definition) is 1. The fourth-order valence-electron chi connectivity index (χ4n) is 1.24. The third kappa shape index (κ3) is 1.58. The molecule has 0 radical (unpaired) electrons. The predicted molar refractivity (Wildman–Crippen MR) is 60.8 cm³/mol. The van der Waals surface area contributed by atoms with Crippen LogP contribution >= 0.6 is 22.7 Å². The second-order valence-electron chi connectivity index (χ2n) is 2.86. The van der Waals surface area contributed by atoms with E-state index in [0.29, 0.717) is 5.71 Å². The molecular weight excluding hydrogens is 214 g/mol. The van der Waals surface area contributed by atoms with Crippen molar-refractivity contribution >= 4 is 28.4 Å². The number of aryl methyl sites for hydroxylation is 1. The molecule has 0 atom stereocenters. The summed E-state index contributed by atoms with van der Waals surface area (Å²) in [4.78, 5) is 2.04. The molecule has 0 saturated heterocycles. The van der Waals surface area contributed by atoms with E-state index in [1.807, 2.05) is 35.9 Å². The Balaban J connectivity index is 2.47. The molecule has 0 aromatic carbocycles. The summed E-state index contributed by atoms with van der Waals surface area (Å²) in [6, 6.07) is 5.94. The van der Waals surface area contributed by atoms with Gasteiger partial charge >= 0.3 is 0 Å². The summed E-state index contributed by atoms with van der Waals surface area (Å²) in [7, 11) is 0. The van der Waals surface area contributed by atoms with E-state index in [-0.39, 0.29) is 0 Å². The molecule has 1 N–H and O–H groups in total. The lowest BCUT2D eigenvalue weighted by atomic mass is 10.2. The van der Waals surface area contributed by atoms with Crippen molar-refractivity contribution in [2.75, 3.05) is 0 Å². The van der Waals surface area contributed by atoms with Crippen LogP contribution in [0.25, 0.3) is 0 Å². The minimum atomic E-state index is 0.674. The van der Waals surface area contributed by atoms with Gasteiger partial charge in [0, 0.05) is 0 Å². The van der Waals surface area contributed by atoms with Gasteiger partial charge in [0.25, 0.3) is 0 Å². The van der Waals surface area contributed by atoms with Crippen molar-refractivity contribution in [3.05, 3.63) is 44.3 Å². The minimum Gasteiger partial charge on any atom is -0.410 e. The zero-order valence-electron chi connectivity index (χ0n) is 7.60. The van der Waals surface area contributed by atoms with E-state index in [2.05, 4.69) is 5.16 Å². The molecule has 2 rings (SSSR count). The van der Waals surface area contributed by atoms with Crippen molar-refractivity contribution < 1.29 is 5.21 Å². The van der Waals surface area contributed by atoms with Crippen LogP contribution in [0.4, 0.5) is 0 Å². The summed E-state index contributed by atoms with van der Waals surface area (Å²) in [5.74, 6) is 0. The van der Waals surface area contributed by atoms with Crippen molar-refractivity contribution in [2.24, 2.45) is 5.16 Å². The Morgan fingerprint density at radius 2 is 2.14 bits per heavy atom. The SMILES string of the molecule is Cc1ccsc1/C(=N\O)c1cccs1. The average Bonchev–Trinajstić information content (AvgIpc) is 2.80. The molecule has 0 bridgehead atoms. The molecule has 2 aromatic heterocycles.